The van der Waals surface area contributed by atoms with Gasteiger partial charge in [0, 0.05) is 45.1 Å². The lowest BCUT2D eigenvalue weighted by atomic mass is 9.98. The molecule has 0 aliphatic carbocycles. The maximum Gasteiger partial charge on any atom is 0.250 e. The summed E-state index contributed by atoms with van der Waals surface area (Å²) in [7, 11) is 1.39. The summed E-state index contributed by atoms with van der Waals surface area (Å²) in [6, 6.07) is 12.6. The van der Waals surface area contributed by atoms with Gasteiger partial charge < -0.3 is 70.6 Å². The molecule has 8 atom stereocenters. The van der Waals surface area contributed by atoms with Crippen molar-refractivity contribution >= 4 is 70.7 Å². The zero-order valence-corrected chi connectivity index (χ0v) is 45.8. The van der Waals surface area contributed by atoms with Crippen molar-refractivity contribution < 1.29 is 53.1 Å². The van der Waals surface area contributed by atoms with E-state index in [0.29, 0.717) is 11.1 Å². The lowest BCUT2D eigenvalue weighted by Crippen LogP contribution is -2.60. The number of rotatable bonds is 31. The maximum absolute atomic E-state index is 14.7. The molecule has 1 fully saturated rings. The first-order valence-electron chi connectivity index (χ1n) is 26.5. The standard InChI is InChI=1S/C55H78N14O11/c1-32(2)29-42(66-48(74)38(56)30-35-19-21-37(70)22-20-35)52(78)67(4)44(31-34-13-7-5-8-14-34)51(77)65-41(24-26-46(58)72)53(79)68-28-12-18-43(68)50(76)63-39(23-25-45(57)71)49(75)64-40(17-11-27-62-55(60)61)54(80)69(33(3)47(59)73)36-15-9-6-10-16-36/h5-10,13-16,19-22,32-33,38-44,70H,11-12,17-18,23-31,56H2,1-4H3,(H2,57,71)(H2,58,72)(H2,59,73)(H,63,76)(H,64,75)(H,65,77)(H,66,74)(H4,60,61,62). The van der Waals surface area contributed by atoms with Crippen LogP contribution in [0.5, 0.6) is 5.75 Å². The number of amides is 10. The summed E-state index contributed by atoms with van der Waals surface area (Å²) in [6.07, 6.45) is -0.799. The number of nitrogens with one attached hydrogen (secondary N) is 4. The molecule has 1 aliphatic rings. The molecule has 80 heavy (non-hydrogen) atoms. The van der Waals surface area contributed by atoms with Crippen LogP contribution in [0, 0.1) is 5.92 Å². The molecule has 17 N–H and O–H groups in total. The number of aromatic hydroxyl groups is 1. The Labute approximate surface area is 465 Å². The van der Waals surface area contributed by atoms with Crippen LogP contribution in [0.15, 0.2) is 89.9 Å². The number of phenolic OH excluding ortho intramolecular Hbond substituents is 1. The third kappa shape index (κ3) is 19.7. The Bertz CT molecular complexity index is 2660. The van der Waals surface area contributed by atoms with Gasteiger partial charge in [0.15, 0.2) is 5.96 Å². The third-order valence-corrected chi connectivity index (χ3v) is 13.5. The highest BCUT2D eigenvalue weighted by molar-refractivity contribution is 6.05. The molecule has 0 radical (unpaired) electrons. The van der Waals surface area contributed by atoms with Gasteiger partial charge >= 0.3 is 0 Å². The topological polar surface area (TPSA) is 417 Å². The summed E-state index contributed by atoms with van der Waals surface area (Å²) in [5.41, 5.74) is 35.6. The Morgan fingerprint density at radius 1 is 0.662 bits per heavy atom. The van der Waals surface area contributed by atoms with Crippen LogP contribution in [0.4, 0.5) is 5.69 Å². The molecule has 434 valence electrons. The first-order chi connectivity index (χ1) is 37.9. The van der Waals surface area contributed by atoms with Gasteiger partial charge in [0.05, 0.1) is 6.04 Å². The Balaban J connectivity index is 1.62. The van der Waals surface area contributed by atoms with Gasteiger partial charge in [-0.3, -0.25) is 57.8 Å². The summed E-state index contributed by atoms with van der Waals surface area (Å²) in [6.45, 7) is 5.16. The normalized spacial score (nSPS) is 15.6. The second kappa shape index (κ2) is 31.1. The molecule has 1 aliphatic heterocycles. The minimum Gasteiger partial charge on any atom is -0.508 e. The van der Waals surface area contributed by atoms with E-state index in [2.05, 4.69) is 26.3 Å². The number of likely N-dealkylation sites (N-methyl/N-ethyl adjacent to an activating group) is 1. The molecule has 3 aromatic carbocycles. The molecule has 0 aromatic heterocycles. The van der Waals surface area contributed by atoms with Crippen molar-refractivity contribution in [2.75, 3.05) is 25.0 Å². The summed E-state index contributed by atoms with van der Waals surface area (Å²) < 4.78 is 0. The minimum atomic E-state index is -1.52. The number of likely N-dealkylation sites (tertiary alicyclic amines) is 1. The molecule has 25 nitrogen and oxygen atoms in total. The van der Waals surface area contributed by atoms with Crippen LogP contribution in [-0.4, -0.2) is 148 Å². The Morgan fingerprint density at radius 3 is 1.80 bits per heavy atom. The molecule has 4 rings (SSSR count). The Hall–Kier alpha value is -8.61. The quantitative estimate of drug-likeness (QED) is 0.0205. The summed E-state index contributed by atoms with van der Waals surface area (Å²) in [5, 5.41) is 20.5. The fourth-order valence-electron chi connectivity index (χ4n) is 9.19. The van der Waals surface area contributed by atoms with Crippen molar-refractivity contribution in [3.05, 3.63) is 96.1 Å². The fraction of sp³-hybridized carbons (Fsp3) is 0.473. The number of para-hydroxylation sites is 1. The lowest BCUT2D eigenvalue weighted by Gasteiger charge is -2.34. The number of hydrogen-bond donors (Lipinski definition) is 11. The molecular weight excluding hydrogens is 1030 g/mol. The SMILES string of the molecule is CC(C)CC(NC(=O)C(N)Cc1ccc(O)cc1)C(=O)N(C)C(Cc1ccccc1)C(=O)NC(CCC(N)=O)C(=O)N1CCCC1C(=O)NC(CCC(N)=O)C(=O)NC(CCCN=C(N)N)C(=O)N(c1ccccc1)C(C)C(N)=O. The minimum absolute atomic E-state index is 0.00492. The zero-order valence-electron chi connectivity index (χ0n) is 45.8. The first-order valence-corrected chi connectivity index (χ1v) is 26.5. The van der Waals surface area contributed by atoms with Gasteiger partial charge in [-0.05, 0) is 99.6 Å². The maximum atomic E-state index is 14.7. The molecule has 10 amide bonds. The number of benzene rings is 3. The first kappa shape index (κ1) is 63.9. The van der Waals surface area contributed by atoms with Gasteiger partial charge in [0.25, 0.3) is 0 Å². The van der Waals surface area contributed by atoms with E-state index in [4.69, 9.17) is 34.4 Å². The van der Waals surface area contributed by atoms with Crippen molar-refractivity contribution in [3.8, 4) is 5.75 Å². The van der Waals surface area contributed by atoms with Gasteiger partial charge in [0.1, 0.15) is 48.0 Å². The molecule has 3 aromatic rings. The van der Waals surface area contributed by atoms with E-state index in [1.54, 1.807) is 72.8 Å². The molecule has 0 saturated carbocycles. The van der Waals surface area contributed by atoms with Crippen LogP contribution in [0.25, 0.3) is 0 Å². The van der Waals surface area contributed by atoms with Crippen LogP contribution in [0.2, 0.25) is 0 Å². The monoisotopic (exact) mass is 1110 g/mol. The number of carbonyl (C=O) groups is 10. The van der Waals surface area contributed by atoms with Crippen LogP contribution < -0.4 is 60.6 Å². The number of nitrogens with zero attached hydrogens (tertiary/aromatic N) is 4. The van der Waals surface area contributed by atoms with Gasteiger partial charge in [-0.2, -0.15) is 0 Å². The summed E-state index contributed by atoms with van der Waals surface area (Å²) in [4.78, 5) is 145. The largest absolute Gasteiger partial charge is 0.508 e. The van der Waals surface area contributed by atoms with Gasteiger partial charge in [0.2, 0.25) is 59.1 Å². The highest BCUT2D eigenvalue weighted by atomic mass is 16.3. The van der Waals surface area contributed by atoms with Gasteiger partial charge in [-0.25, -0.2) is 0 Å². The van der Waals surface area contributed by atoms with Crippen molar-refractivity contribution in [3.63, 3.8) is 0 Å². The smallest absolute Gasteiger partial charge is 0.250 e. The fourth-order valence-corrected chi connectivity index (χ4v) is 9.19. The highest BCUT2D eigenvalue weighted by Crippen LogP contribution is 2.23. The Morgan fingerprint density at radius 2 is 1.23 bits per heavy atom. The van der Waals surface area contributed by atoms with Crippen LogP contribution >= 0.6 is 0 Å². The summed E-state index contributed by atoms with van der Waals surface area (Å²) in [5.74, 6) is -8.13. The van der Waals surface area contributed by atoms with Crippen molar-refractivity contribution in [1.82, 2.24) is 31.1 Å². The molecule has 0 spiro atoms. The second-order valence-corrected chi connectivity index (χ2v) is 20.3. The number of hydrogen-bond acceptors (Lipinski definition) is 13. The number of phenols is 1. The van der Waals surface area contributed by atoms with Crippen LogP contribution in [-0.2, 0) is 60.8 Å². The Kier molecular flexibility index (Phi) is 24.9. The van der Waals surface area contributed by atoms with E-state index in [-0.39, 0.29) is 101 Å². The molecule has 0 bridgehead atoms. The predicted octanol–water partition coefficient (Wildman–Crippen LogP) is -1.20. The van der Waals surface area contributed by atoms with Gasteiger partial charge in [-0.1, -0.05) is 74.5 Å². The number of guanidine groups is 1. The van der Waals surface area contributed by atoms with Crippen LogP contribution in [0.1, 0.15) is 89.7 Å². The number of anilines is 1. The summed E-state index contributed by atoms with van der Waals surface area (Å²) >= 11 is 0. The van der Waals surface area contributed by atoms with Crippen molar-refractivity contribution in [2.24, 2.45) is 45.3 Å². The number of aliphatic imine (C=N–C) groups is 1. The zero-order chi connectivity index (χ0) is 59.2. The highest BCUT2D eigenvalue weighted by Gasteiger charge is 2.42. The molecular formula is C55H78N14O11. The van der Waals surface area contributed by atoms with E-state index < -0.39 is 114 Å². The molecule has 25 heteroatoms. The number of carbonyl (C=O) groups excluding carboxylic acids is 10. The van der Waals surface area contributed by atoms with Crippen LogP contribution in [0.3, 0.4) is 0 Å². The molecule has 8 unspecified atom stereocenters. The van der Waals surface area contributed by atoms with E-state index in [0.717, 1.165) is 4.90 Å². The van der Waals surface area contributed by atoms with E-state index in [1.165, 1.54) is 35.9 Å². The van der Waals surface area contributed by atoms with Crippen molar-refractivity contribution in [2.45, 2.75) is 140 Å². The van der Waals surface area contributed by atoms with Gasteiger partial charge in [-0.15, -0.1) is 0 Å². The molecule has 1 heterocycles. The number of nitrogens with two attached hydrogens (primary N) is 6. The predicted molar refractivity (Wildman–Crippen MR) is 298 cm³/mol. The number of primary amides is 3. The average Bonchev–Trinajstić information content (AvgIpc) is 3.91. The van der Waals surface area contributed by atoms with Crippen molar-refractivity contribution in [1.29, 1.82) is 0 Å². The molecule has 1 saturated heterocycles. The lowest BCUT2D eigenvalue weighted by molar-refractivity contribution is -0.145. The van der Waals surface area contributed by atoms with E-state index in [1.807, 2.05) is 13.8 Å². The third-order valence-electron chi connectivity index (χ3n) is 13.5. The van der Waals surface area contributed by atoms with E-state index in [9.17, 15) is 53.1 Å². The second-order valence-electron chi connectivity index (χ2n) is 20.3. The van der Waals surface area contributed by atoms with E-state index >= 15 is 0 Å². The average molecular weight is 1110 g/mol.